The number of hydrogen-bond acceptors (Lipinski definition) is 6. The highest BCUT2D eigenvalue weighted by Gasteiger charge is 2.29. The molecule has 0 aromatic heterocycles. The highest BCUT2D eigenvalue weighted by molar-refractivity contribution is 6.04. The third kappa shape index (κ3) is 4.44. The number of piperidine rings is 1. The van der Waals surface area contributed by atoms with E-state index in [1.807, 2.05) is 49.1 Å². The van der Waals surface area contributed by atoms with E-state index in [2.05, 4.69) is 28.0 Å². The second kappa shape index (κ2) is 9.57. The Morgan fingerprint density at radius 2 is 1.94 bits per heavy atom. The van der Waals surface area contributed by atoms with Crippen LogP contribution in [-0.4, -0.2) is 42.5 Å². The van der Waals surface area contributed by atoms with Gasteiger partial charge in [0, 0.05) is 30.8 Å². The molecular weight excluding hydrogens is 426 g/mol. The highest BCUT2D eigenvalue weighted by Crippen LogP contribution is 2.34. The average Bonchev–Trinajstić information content (AvgIpc) is 3.56. The van der Waals surface area contributed by atoms with E-state index in [-0.39, 0.29) is 18.2 Å². The lowest BCUT2D eigenvalue weighted by Gasteiger charge is -2.33. The molecule has 0 radical (unpaired) electrons. The van der Waals surface area contributed by atoms with Crippen LogP contribution in [-0.2, 0) is 4.74 Å². The number of benzene rings is 2. The van der Waals surface area contributed by atoms with Crippen molar-refractivity contribution in [3.63, 3.8) is 0 Å². The Kier molecular flexibility index (Phi) is 6.36. The zero-order valence-electron chi connectivity index (χ0n) is 19.8. The summed E-state index contributed by atoms with van der Waals surface area (Å²) in [5, 5.41) is 9.03. The van der Waals surface area contributed by atoms with Gasteiger partial charge < -0.3 is 15.1 Å². The first-order valence-corrected chi connectivity index (χ1v) is 12.2. The molecule has 2 saturated heterocycles. The Morgan fingerprint density at radius 1 is 1.18 bits per heavy atom. The number of hydrogen-bond donors (Lipinski definition) is 2. The molecule has 2 N–H and O–H groups in total. The maximum Gasteiger partial charge on any atom is 0.254 e. The van der Waals surface area contributed by atoms with Crippen LogP contribution in [0.15, 0.2) is 41.4 Å². The lowest BCUT2D eigenvalue weighted by molar-refractivity contribution is 0.0711. The lowest BCUT2D eigenvalue weighted by atomic mass is 9.88. The molecule has 3 aliphatic rings. The topological polar surface area (TPSA) is 89.8 Å². The van der Waals surface area contributed by atoms with Gasteiger partial charge in [-0.1, -0.05) is 18.2 Å². The quantitative estimate of drug-likeness (QED) is 0.726. The minimum absolute atomic E-state index is 0.0194. The van der Waals surface area contributed by atoms with Gasteiger partial charge in [-0.25, -0.2) is 10.4 Å². The first kappa shape index (κ1) is 22.6. The monoisotopic (exact) mass is 457 g/mol. The van der Waals surface area contributed by atoms with Crippen LogP contribution in [0.2, 0.25) is 0 Å². The van der Waals surface area contributed by atoms with Gasteiger partial charge in [0.15, 0.2) is 0 Å². The summed E-state index contributed by atoms with van der Waals surface area (Å²) in [6.07, 6.45) is 3.90. The largest absolute Gasteiger partial charge is 0.374 e. The molecule has 176 valence electrons. The molecule has 0 aliphatic carbocycles. The number of nitrogens with zero attached hydrogens (tertiary/aromatic N) is 3. The maximum absolute atomic E-state index is 13.6. The fraction of sp³-hybridized carbons (Fsp3) is 0.444. The van der Waals surface area contributed by atoms with Crippen molar-refractivity contribution in [1.82, 2.24) is 15.8 Å². The van der Waals surface area contributed by atoms with E-state index in [1.54, 1.807) is 0 Å². The molecule has 2 aromatic rings. The van der Waals surface area contributed by atoms with Gasteiger partial charge in [-0.3, -0.25) is 4.79 Å². The third-order valence-electron chi connectivity index (χ3n) is 7.17. The smallest absolute Gasteiger partial charge is 0.254 e. The summed E-state index contributed by atoms with van der Waals surface area (Å²) in [6.45, 7) is 6.23. The van der Waals surface area contributed by atoms with E-state index >= 15 is 0 Å². The van der Waals surface area contributed by atoms with E-state index in [9.17, 15) is 4.79 Å². The van der Waals surface area contributed by atoms with Crippen molar-refractivity contribution in [3.05, 3.63) is 69.8 Å². The van der Waals surface area contributed by atoms with Crippen LogP contribution < -0.4 is 10.9 Å². The Balaban J connectivity index is 1.36. The number of rotatable bonds is 4. The fourth-order valence-corrected chi connectivity index (χ4v) is 5.24. The Morgan fingerprint density at radius 3 is 2.56 bits per heavy atom. The summed E-state index contributed by atoms with van der Waals surface area (Å²) in [6, 6.07) is 14.2. The summed E-state index contributed by atoms with van der Waals surface area (Å²) >= 11 is 0. The van der Waals surface area contributed by atoms with E-state index in [0.717, 1.165) is 73.5 Å². The predicted octanol–water partition coefficient (Wildman–Crippen LogP) is 3.94. The molecule has 34 heavy (non-hydrogen) atoms. The van der Waals surface area contributed by atoms with E-state index in [4.69, 9.17) is 10.00 Å². The summed E-state index contributed by atoms with van der Waals surface area (Å²) in [5.74, 6) is 1.27. The number of likely N-dealkylation sites (tertiary alicyclic amines) is 1. The second-order valence-electron chi connectivity index (χ2n) is 9.48. The number of aryl methyl sites for hydroxylation is 1. The first-order valence-electron chi connectivity index (χ1n) is 12.2. The van der Waals surface area contributed by atoms with E-state index in [0.29, 0.717) is 11.5 Å². The highest BCUT2D eigenvalue weighted by atomic mass is 16.5. The van der Waals surface area contributed by atoms with Crippen molar-refractivity contribution in [2.75, 3.05) is 19.7 Å². The minimum atomic E-state index is -0.0194. The fourth-order valence-electron chi connectivity index (χ4n) is 5.24. The molecule has 5 rings (SSSR count). The molecule has 2 atom stereocenters. The molecule has 2 fully saturated rings. The number of nitriles is 1. The van der Waals surface area contributed by atoms with Crippen molar-refractivity contribution in [3.8, 4) is 6.07 Å². The molecule has 7 nitrogen and oxygen atoms in total. The van der Waals surface area contributed by atoms with E-state index in [1.165, 1.54) is 5.56 Å². The number of ether oxygens (including phenoxy) is 1. The van der Waals surface area contributed by atoms with Gasteiger partial charge in [-0.2, -0.15) is 5.26 Å². The van der Waals surface area contributed by atoms with Crippen molar-refractivity contribution in [2.45, 2.75) is 57.7 Å². The third-order valence-corrected chi connectivity index (χ3v) is 7.17. The van der Waals surface area contributed by atoms with Gasteiger partial charge in [0.2, 0.25) is 0 Å². The molecule has 2 unspecified atom stereocenters. The normalized spacial score (nSPS) is 22.9. The molecule has 3 heterocycles. The van der Waals surface area contributed by atoms with Gasteiger partial charge in [-0.05, 0) is 80.3 Å². The Hall–Kier alpha value is -3.21. The number of nitrogens with one attached hydrogen (secondary N) is 2. The van der Waals surface area contributed by atoms with Gasteiger partial charge >= 0.3 is 0 Å². The van der Waals surface area contributed by atoms with Crippen molar-refractivity contribution in [1.29, 1.82) is 5.26 Å². The van der Waals surface area contributed by atoms with Crippen LogP contribution >= 0.6 is 0 Å². The Bertz CT molecular complexity index is 1140. The SMILES string of the molecule is Cc1cc(C2CCCO2)c(C2=NC(C)NN2)cc1C(=O)N1CCC(c2ccc(C#N)cc2)CC1. The average molecular weight is 458 g/mol. The van der Waals surface area contributed by atoms with E-state index < -0.39 is 0 Å². The van der Waals surface area contributed by atoms with Gasteiger partial charge in [0.05, 0.1) is 17.7 Å². The molecule has 7 heteroatoms. The lowest BCUT2D eigenvalue weighted by Crippen LogP contribution is -2.38. The van der Waals surface area contributed by atoms with Crippen LogP contribution in [0, 0.1) is 18.3 Å². The summed E-state index contributed by atoms with van der Waals surface area (Å²) < 4.78 is 5.99. The van der Waals surface area contributed by atoms with Gasteiger partial charge in [-0.15, -0.1) is 0 Å². The number of hydrazine groups is 1. The van der Waals surface area contributed by atoms with Crippen molar-refractivity contribution >= 4 is 11.7 Å². The zero-order chi connectivity index (χ0) is 23.7. The second-order valence-corrected chi connectivity index (χ2v) is 9.48. The molecule has 0 bridgehead atoms. The predicted molar refractivity (Wildman–Crippen MR) is 130 cm³/mol. The standard InChI is InChI=1S/C27H31N5O2/c1-17-14-23(25-4-3-13-34-25)24(26-29-18(2)30-31-26)15-22(17)27(33)32-11-9-21(10-12-32)20-7-5-19(16-28)6-8-20/h5-8,14-15,18,21,25,30H,3-4,9-13H2,1-2H3,(H,29,31). The first-order chi connectivity index (χ1) is 16.5. The number of aliphatic imine (C=N–C) groups is 1. The molecule has 0 spiro atoms. The van der Waals surface area contributed by atoms with Crippen LogP contribution in [0.4, 0.5) is 0 Å². The summed E-state index contributed by atoms with van der Waals surface area (Å²) in [5.41, 5.74) is 12.0. The van der Waals surface area contributed by atoms with Crippen molar-refractivity contribution < 1.29 is 9.53 Å². The molecule has 2 aromatic carbocycles. The molecule has 3 aliphatic heterocycles. The van der Waals surface area contributed by atoms with Crippen LogP contribution in [0.25, 0.3) is 0 Å². The summed E-state index contributed by atoms with van der Waals surface area (Å²) in [4.78, 5) is 20.3. The van der Waals surface area contributed by atoms with Gasteiger partial charge in [0.1, 0.15) is 12.0 Å². The van der Waals surface area contributed by atoms with Crippen LogP contribution in [0.3, 0.4) is 0 Å². The molecular formula is C27H31N5O2. The van der Waals surface area contributed by atoms with Gasteiger partial charge in [0.25, 0.3) is 5.91 Å². The molecule has 0 saturated carbocycles. The Labute approximate surface area is 200 Å². The number of amides is 1. The molecule has 1 amide bonds. The maximum atomic E-state index is 13.6. The van der Waals surface area contributed by atoms with Crippen LogP contribution in [0.5, 0.6) is 0 Å². The minimum Gasteiger partial charge on any atom is -0.374 e. The zero-order valence-corrected chi connectivity index (χ0v) is 19.8. The van der Waals surface area contributed by atoms with Crippen molar-refractivity contribution in [2.24, 2.45) is 4.99 Å². The summed E-state index contributed by atoms with van der Waals surface area (Å²) in [7, 11) is 0. The number of carbonyl (C=O) groups excluding carboxylic acids is 1. The van der Waals surface area contributed by atoms with Crippen LogP contribution in [0.1, 0.15) is 82.8 Å². The number of carbonyl (C=O) groups is 1. The number of amidine groups is 1.